The quantitative estimate of drug-likeness (QED) is 0.243. The maximum absolute atomic E-state index is 13.1. The van der Waals surface area contributed by atoms with Gasteiger partial charge in [-0.05, 0) is 48.7 Å². The van der Waals surface area contributed by atoms with Gasteiger partial charge >= 0.3 is 0 Å². The highest BCUT2D eigenvalue weighted by molar-refractivity contribution is 7.99. The second-order valence-corrected chi connectivity index (χ2v) is 8.92. The molecule has 156 valence electrons. The number of Topliss-reactive ketones (excluding diaryl/α,β-unsaturated/α-hetero) is 1. The van der Waals surface area contributed by atoms with Gasteiger partial charge in [0.15, 0.2) is 10.9 Å². The van der Waals surface area contributed by atoms with E-state index in [1.807, 2.05) is 5.38 Å². The minimum Gasteiger partial charge on any atom is -0.325 e. The van der Waals surface area contributed by atoms with E-state index in [9.17, 15) is 14.4 Å². The first-order chi connectivity index (χ1) is 14.9. The summed E-state index contributed by atoms with van der Waals surface area (Å²) >= 11 is 8.59. The molecule has 9 heteroatoms. The molecule has 0 atom stereocenters. The largest absolute Gasteiger partial charge is 0.325 e. The Bertz CT molecular complexity index is 1360. The van der Waals surface area contributed by atoms with Crippen LogP contribution in [0.15, 0.2) is 69.9 Å². The Labute approximate surface area is 190 Å². The van der Waals surface area contributed by atoms with E-state index >= 15 is 0 Å². The van der Waals surface area contributed by atoms with Gasteiger partial charge in [0.25, 0.3) is 5.56 Å². The summed E-state index contributed by atoms with van der Waals surface area (Å²) in [5.74, 6) is -0.320. The fraction of sp³-hybridized carbons (Fsp3) is 0.0909. The first-order valence-electron chi connectivity index (χ1n) is 9.22. The number of thiophene rings is 1. The number of halogens is 1. The number of carbonyl (C=O) groups is 2. The predicted octanol–water partition coefficient (Wildman–Crippen LogP) is 5.03. The molecular weight excluding hydrogens is 454 g/mol. The molecular formula is C22H16ClN3O3S2. The average Bonchev–Trinajstić information content (AvgIpc) is 3.21. The van der Waals surface area contributed by atoms with Crippen LogP contribution in [0.3, 0.4) is 0 Å². The molecule has 0 fully saturated rings. The Morgan fingerprint density at radius 1 is 1.16 bits per heavy atom. The van der Waals surface area contributed by atoms with Gasteiger partial charge in [-0.25, -0.2) is 4.98 Å². The first-order valence-corrected chi connectivity index (χ1v) is 11.5. The summed E-state index contributed by atoms with van der Waals surface area (Å²) < 4.78 is 2.01. The Hall–Kier alpha value is -2.94. The van der Waals surface area contributed by atoms with Crippen molar-refractivity contribution in [3.63, 3.8) is 0 Å². The molecule has 6 nitrogen and oxygen atoms in total. The van der Waals surface area contributed by atoms with Crippen molar-refractivity contribution in [1.29, 1.82) is 0 Å². The number of nitrogens with zero attached hydrogens (tertiary/aromatic N) is 2. The number of benzene rings is 2. The minimum absolute atomic E-state index is 0.0347. The predicted molar refractivity (Wildman–Crippen MR) is 126 cm³/mol. The SMILES string of the molecule is CC(=O)c1cccc(NC(=O)CSc2nc3ccsc3c(=O)n2-c2cccc(Cl)c2)c1. The van der Waals surface area contributed by atoms with Crippen LogP contribution in [0.5, 0.6) is 0 Å². The van der Waals surface area contributed by atoms with Gasteiger partial charge in [0, 0.05) is 16.3 Å². The van der Waals surface area contributed by atoms with Crippen LogP contribution in [-0.4, -0.2) is 27.0 Å². The molecule has 0 unspecified atom stereocenters. The highest BCUT2D eigenvalue weighted by Gasteiger charge is 2.16. The van der Waals surface area contributed by atoms with Gasteiger partial charge < -0.3 is 5.32 Å². The van der Waals surface area contributed by atoms with E-state index in [4.69, 9.17) is 11.6 Å². The second-order valence-electron chi connectivity index (χ2n) is 6.62. The van der Waals surface area contributed by atoms with Crippen molar-refractivity contribution < 1.29 is 9.59 Å². The van der Waals surface area contributed by atoms with Crippen molar-refractivity contribution in [3.8, 4) is 5.69 Å². The number of anilines is 1. The summed E-state index contributed by atoms with van der Waals surface area (Å²) in [6.07, 6.45) is 0. The van der Waals surface area contributed by atoms with Gasteiger partial charge in [-0.3, -0.25) is 19.0 Å². The molecule has 1 N–H and O–H groups in total. The van der Waals surface area contributed by atoms with Crippen LogP contribution in [0.1, 0.15) is 17.3 Å². The number of aromatic nitrogens is 2. The molecule has 4 aromatic rings. The van der Waals surface area contributed by atoms with E-state index in [1.54, 1.807) is 54.6 Å². The van der Waals surface area contributed by atoms with E-state index in [2.05, 4.69) is 10.3 Å². The van der Waals surface area contributed by atoms with E-state index < -0.39 is 0 Å². The highest BCUT2D eigenvalue weighted by Crippen LogP contribution is 2.25. The number of thioether (sulfide) groups is 1. The van der Waals surface area contributed by atoms with Crippen LogP contribution in [-0.2, 0) is 4.79 Å². The van der Waals surface area contributed by atoms with E-state index in [1.165, 1.54) is 22.8 Å². The second kappa shape index (κ2) is 9.05. The van der Waals surface area contributed by atoms with Crippen molar-refractivity contribution in [1.82, 2.24) is 9.55 Å². The topological polar surface area (TPSA) is 81.1 Å². The summed E-state index contributed by atoms with van der Waals surface area (Å²) in [7, 11) is 0. The van der Waals surface area contributed by atoms with Gasteiger partial charge in [-0.15, -0.1) is 11.3 Å². The summed E-state index contributed by atoms with van der Waals surface area (Å²) in [6.45, 7) is 1.47. The Kier molecular flexibility index (Phi) is 6.22. The Balaban J connectivity index is 1.61. The molecule has 1 amide bonds. The third-order valence-electron chi connectivity index (χ3n) is 4.40. The summed E-state index contributed by atoms with van der Waals surface area (Å²) in [4.78, 5) is 41.7. The van der Waals surface area contributed by atoms with Crippen molar-refractivity contribution in [2.75, 3.05) is 11.1 Å². The van der Waals surface area contributed by atoms with Crippen LogP contribution in [0, 0.1) is 0 Å². The molecule has 0 saturated heterocycles. The minimum atomic E-state index is -0.275. The maximum atomic E-state index is 13.1. The molecule has 31 heavy (non-hydrogen) atoms. The molecule has 2 aromatic carbocycles. The zero-order valence-corrected chi connectivity index (χ0v) is 18.7. The van der Waals surface area contributed by atoms with Crippen LogP contribution >= 0.6 is 34.7 Å². The first kappa shape index (κ1) is 21.3. The van der Waals surface area contributed by atoms with Gasteiger partial charge in [0.05, 0.1) is 17.0 Å². The molecule has 0 saturated carbocycles. The molecule has 0 bridgehead atoms. The summed E-state index contributed by atoms with van der Waals surface area (Å²) in [5.41, 5.74) is 2.01. The molecule has 2 heterocycles. The van der Waals surface area contributed by atoms with Crippen molar-refractivity contribution >= 4 is 62.3 Å². The lowest BCUT2D eigenvalue weighted by Crippen LogP contribution is -2.22. The fourth-order valence-corrected chi connectivity index (χ4v) is 4.73. The van der Waals surface area contributed by atoms with Gasteiger partial charge in [-0.2, -0.15) is 0 Å². The molecule has 2 aromatic heterocycles. The standard InChI is InChI=1S/C22H16ClN3O3S2/c1-13(27)14-4-2-6-16(10-14)24-19(28)12-31-22-25-18-8-9-30-20(18)21(29)26(22)17-7-3-5-15(23)11-17/h2-11H,12H2,1H3,(H,24,28). The monoisotopic (exact) mass is 469 g/mol. The average molecular weight is 470 g/mol. The Morgan fingerprint density at radius 2 is 1.97 bits per heavy atom. The third-order valence-corrected chi connectivity index (χ3v) is 6.47. The summed E-state index contributed by atoms with van der Waals surface area (Å²) in [6, 6.07) is 15.5. The smallest absolute Gasteiger partial charge is 0.276 e. The van der Waals surface area contributed by atoms with Gasteiger partial charge in [0.1, 0.15) is 4.70 Å². The van der Waals surface area contributed by atoms with Crippen LogP contribution in [0.4, 0.5) is 5.69 Å². The number of amides is 1. The summed E-state index contributed by atoms with van der Waals surface area (Å²) in [5, 5.41) is 5.48. The lowest BCUT2D eigenvalue weighted by Gasteiger charge is -2.12. The zero-order chi connectivity index (χ0) is 22.0. The van der Waals surface area contributed by atoms with E-state index in [0.29, 0.717) is 37.3 Å². The van der Waals surface area contributed by atoms with Crippen molar-refractivity contribution in [2.45, 2.75) is 12.1 Å². The number of rotatable bonds is 6. The number of nitrogens with one attached hydrogen (secondary N) is 1. The van der Waals surface area contributed by atoms with Crippen LogP contribution in [0.25, 0.3) is 15.9 Å². The van der Waals surface area contributed by atoms with Crippen LogP contribution < -0.4 is 10.9 Å². The number of ketones is 1. The fourth-order valence-electron chi connectivity index (χ4n) is 2.97. The lowest BCUT2D eigenvalue weighted by atomic mass is 10.1. The van der Waals surface area contributed by atoms with E-state index in [-0.39, 0.29) is 23.0 Å². The number of hydrogen-bond donors (Lipinski definition) is 1. The van der Waals surface area contributed by atoms with Crippen molar-refractivity contribution in [2.24, 2.45) is 0 Å². The molecule has 0 radical (unpaired) electrons. The normalized spacial score (nSPS) is 10.9. The van der Waals surface area contributed by atoms with E-state index in [0.717, 1.165) is 11.8 Å². The third kappa shape index (κ3) is 4.71. The Morgan fingerprint density at radius 3 is 2.74 bits per heavy atom. The number of carbonyl (C=O) groups excluding carboxylic acids is 2. The van der Waals surface area contributed by atoms with Crippen molar-refractivity contribution in [3.05, 3.63) is 80.9 Å². The molecule has 0 aliphatic carbocycles. The maximum Gasteiger partial charge on any atom is 0.276 e. The zero-order valence-electron chi connectivity index (χ0n) is 16.3. The molecule has 0 spiro atoms. The molecule has 4 rings (SSSR count). The molecule has 0 aliphatic rings. The van der Waals surface area contributed by atoms with Gasteiger partial charge in [0.2, 0.25) is 5.91 Å². The van der Waals surface area contributed by atoms with Crippen LogP contribution in [0.2, 0.25) is 5.02 Å². The van der Waals surface area contributed by atoms with Gasteiger partial charge in [-0.1, -0.05) is 41.6 Å². The number of hydrogen-bond acceptors (Lipinski definition) is 6. The number of fused-ring (bicyclic) bond motifs is 1. The molecule has 0 aliphatic heterocycles. The lowest BCUT2D eigenvalue weighted by molar-refractivity contribution is -0.113. The highest BCUT2D eigenvalue weighted by atomic mass is 35.5.